The van der Waals surface area contributed by atoms with Gasteiger partial charge in [0.2, 0.25) is 0 Å². The van der Waals surface area contributed by atoms with Crippen molar-refractivity contribution < 1.29 is 31.3 Å². The lowest BCUT2D eigenvalue weighted by atomic mass is 10.1. The number of nitrogens with one attached hydrogen (secondary N) is 2. The lowest BCUT2D eigenvalue weighted by Crippen LogP contribution is -2.00. The third-order valence-corrected chi connectivity index (χ3v) is 6.93. The first-order chi connectivity index (χ1) is 21.9. The van der Waals surface area contributed by atoms with Crippen molar-refractivity contribution in [1.82, 2.24) is 10.3 Å². The van der Waals surface area contributed by atoms with Gasteiger partial charge in [0.25, 0.3) is 0 Å². The second-order valence-corrected chi connectivity index (χ2v) is 10.2. The number of ether oxygens (including phenoxy) is 1. The van der Waals surface area contributed by atoms with Crippen LogP contribution in [0, 0.1) is 23.3 Å². The van der Waals surface area contributed by atoms with Crippen LogP contribution in [0.5, 0.6) is 0 Å². The van der Waals surface area contributed by atoms with Crippen molar-refractivity contribution in [2.24, 2.45) is 0 Å². The number of rotatable bonds is 12. The quantitative estimate of drug-likeness (QED) is 0.134. The minimum absolute atomic E-state index is 0.176. The van der Waals surface area contributed by atoms with E-state index in [4.69, 9.17) is 13.8 Å². The van der Waals surface area contributed by atoms with Crippen LogP contribution in [0.4, 0.5) is 28.9 Å². The minimum Gasteiger partial charge on any atom is -0.381 e. The number of aromatic nitrogens is 2. The summed E-state index contributed by atoms with van der Waals surface area (Å²) < 4.78 is 69.6. The first-order valence-electron chi connectivity index (χ1n) is 13.9. The summed E-state index contributed by atoms with van der Waals surface area (Å²) in [5.74, 6) is -2.42. The summed E-state index contributed by atoms with van der Waals surface area (Å²) in [6.45, 7) is 1.05. The van der Waals surface area contributed by atoms with Gasteiger partial charge in [-0.3, -0.25) is 0 Å². The predicted molar refractivity (Wildman–Crippen MR) is 160 cm³/mol. The number of halogens is 4. The topological polar surface area (TPSA) is 85.4 Å². The van der Waals surface area contributed by atoms with Gasteiger partial charge in [0, 0.05) is 47.7 Å². The Balaban J connectivity index is 0.959. The van der Waals surface area contributed by atoms with Crippen LogP contribution in [0.2, 0.25) is 0 Å². The van der Waals surface area contributed by atoms with Crippen LogP contribution in [-0.2, 0) is 31.0 Å². The van der Waals surface area contributed by atoms with E-state index in [9.17, 15) is 17.6 Å². The largest absolute Gasteiger partial charge is 0.381 e. The first-order valence-corrected chi connectivity index (χ1v) is 13.9. The molecule has 2 heterocycles. The molecule has 0 aliphatic carbocycles. The normalized spacial score (nSPS) is 11.1. The second kappa shape index (κ2) is 13.5. The van der Waals surface area contributed by atoms with Gasteiger partial charge in [-0.05, 0) is 59.7 Å². The van der Waals surface area contributed by atoms with Crippen LogP contribution in [0.15, 0.2) is 106 Å². The third-order valence-electron chi connectivity index (χ3n) is 6.93. The molecule has 6 aromatic rings. The Hall–Kier alpha value is -5.42. The van der Waals surface area contributed by atoms with Crippen molar-refractivity contribution in [3.05, 3.63) is 143 Å². The molecule has 6 rings (SSSR count). The minimum atomic E-state index is -0.876. The zero-order valence-electron chi connectivity index (χ0n) is 23.7. The monoisotopic (exact) mass is 614 g/mol. The molecule has 0 spiro atoms. The molecule has 45 heavy (non-hydrogen) atoms. The summed E-state index contributed by atoms with van der Waals surface area (Å²) >= 11 is 0. The molecule has 0 bridgehead atoms. The Kier molecular flexibility index (Phi) is 8.88. The highest BCUT2D eigenvalue weighted by Gasteiger charge is 2.11. The van der Waals surface area contributed by atoms with E-state index in [1.807, 2.05) is 48.5 Å². The fourth-order valence-electron chi connectivity index (χ4n) is 4.51. The summed E-state index contributed by atoms with van der Waals surface area (Å²) in [4.78, 5) is 0. The Bertz CT molecular complexity index is 1750. The SMILES string of the molecule is Fc1ccc(CNc2ccc(-c3cc(COCc4cc(-c5ccc(NCc6ccc(F)c(F)c6)cc5)no4)on3)cc2)cc1F. The maximum absolute atomic E-state index is 13.4. The van der Waals surface area contributed by atoms with Crippen molar-refractivity contribution in [1.29, 1.82) is 0 Å². The molecule has 0 atom stereocenters. The van der Waals surface area contributed by atoms with Gasteiger partial charge in [0.15, 0.2) is 34.8 Å². The molecule has 0 saturated carbocycles. The maximum Gasteiger partial charge on any atom is 0.163 e. The third kappa shape index (κ3) is 7.57. The molecule has 11 heteroatoms. The maximum atomic E-state index is 13.4. The molecule has 2 aromatic heterocycles. The van der Waals surface area contributed by atoms with Gasteiger partial charge >= 0.3 is 0 Å². The lowest BCUT2D eigenvalue weighted by Gasteiger charge is -2.07. The molecule has 0 unspecified atom stereocenters. The molecular formula is C34H26F4N4O3. The van der Waals surface area contributed by atoms with E-state index in [2.05, 4.69) is 20.9 Å². The molecule has 0 amide bonds. The molecule has 2 N–H and O–H groups in total. The van der Waals surface area contributed by atoms with Crippen molar-refractivity contribution in [2.45, 2.75) is 26.3 Å². The van der Waals surface area contributed by atoms with E-state index in [-0.39, 0.29) is 13.2 Å². The number of hydrogen-bond acceptors (Lipinski definition) is 7. The summed E-state index contributed by atoms with van der Waals surface area (Å²) in [6, 6.07) is 26.1. The first kappa shape index (κ1) is 29.6. The van der Waals surface area contributed by atoms with Gasteiger partial charge in [0.1, 0.15) is 24.6 Å². The second-order valence-electron chi connectivity index (χ2n) is 10.2. The average molecular weight is 615 g/mol. The average Bonchev–Trinajstić information content (AvgIpc) is 3.73. The molecule has 0 radical (unpaired) electrons. The van der Waals surface area contributed by atoms with Gasteiger partial charge in [0.05, 0.1) is 0 Å². The van der Waals surface area contributed by atoms with Gasteiger partial charge in [-0.25, -0.2) is 17.6 Å². The van der Waals surface area contributed by atoms with E-state index >= 15 is 0 Å². The zero-order valence-corrected chi connectivity index (χ0v) is 23.7. The molecule has 0 fully saturated rings. The van der Waals surface area contributed by atoms with Crippen LogP contribution < -0.4 is 10.6 Å². The molecule has 0 aliphatic rings. The summed E-state index contributed by atoms with van der Waals surface area (Å²) in [5, 5.41) is 14.6. The molecule has 228 valence electrons. The van der Waals surface area contributed by atoms with E-state index in [1.54, 1.807) is 12.1 Å². The van der Waals surface area contributed by atoms with Crippen LogP contribution in [0.25, 0.3) is 22.5 Å². The Morgan fingerprint density at radius 3 is 1.33 bits per heavy atom. The summed E-state index contributed by atoms with van der Waals surface area (Å²) in [7, 11) is 0. The Morgan fingerprint density at radius 2 is 0.933 bits per heavy atom. The van der Waals surface area contributed by atoms with Crippen molar-refractivity contribution in [3.63, 3.8) is 0 Å². The molecule has 0 aliphatic heterocycles. The smallest absolute Gasteiger partial charge is 0.163 e. The molecular weight excluding hydrogens is 588 g/mol. The van der Waals surface area contributed by atoms with Gasteiger partial charge in [-0.15, -0.1) is 0 Å². The number of hydrogen-bond donors (Lipinski definition) is 2. The summed E-state index contributed by atoms with van der Waals surface area (Å²) in [5.41, 5.74) is 5.86. The Labute approximate surface area is 255 Å². The van der Waals surface area contributed by atoms with Crippen molar-refractivity contribution in [2.75, 3.05) is 10.6 Å². The number of anilines is 2. The van der Waals surface area contributed by atoms with E-state index in [1.165, 1.54) is 24.3 Å². The van der Waals surface area contributed by atoms with Crippen LogP contribution >= 0.6 is 0 Å². The van der Waals surface area contributed by atoms with Gasteiger partial charge < -0.3 is 24.4 Å². The number of nitrogens with zero attached hydrogens (tertiary/aromatic N) is 2. The highest BCUT2D eigenvalue weighted by molar-refractivity contribution is 5.63. The molecule has 0 saturated heterocycles. The van der Waals surface area contributed by atoms with Gasteiger partial charge in [-0.1, -0.05) is 46.7 Å². The Morgan fingerprint density at radius 1 is 0.511 bits per heavy atom. The fraction of sp³-hybridized carbons (Fsp3) is 0.118. The van der Waals surface area contributed by atoms with Crippen LogP contribution in [0.1, 0.15) is 22.6 Å². The fourth-order valence-corrected chi connectivity index (χ4v) is 4.51. The molecule has 7 nitrogen and oxygen atoms in total. The highest BCUT2D eigenvalue weighted by Crippen LogP contribution is 2.24. The molecule has 4 aromatic carbocycles. The van der Waals surface area contributed by atoms with Crippen molar-refractivity contribution in [3.8, 4) is 22.5 Å². The number of benzene rings is 4. The predicted octanol–water partition coefficient (Wildman–Crippen LogP) is 8.49. The lowest BCUT2D eigenvalue weighted by molar-refractivity contribution is 0.0727. The van der Waals surface area contributed by atoms with Crippen LogP contribution in [0.3, 0.4) is 0 Å². The van der Waals surface area contributed by atoms with E-state index in [0.29, 0.717) is 47.1 Å². The van der Waals surface area contributed by atoms with Crippen LogP contribution in [-0.4, -0.2) is 10.3 Å². The van der Waals surface area contributed by atoms with Gasteiger partial charge in [-0.2, -0.15) is 0 Å². The standard InChI is InChI=1S/C34H26F4N4O3/c35-29-11-1-21(13-31(29)37)17-39-25-7-3-23(4-8-25)33-15-27(44-41-33)19-43-20-28-16-34(42-45-28)24-5-9-26(10-6-24)40-18-22-2-12-30(36)32(38)14-22/h1-16,39-40H,17-20H2. The van der Waals surface area contributed by atoms with E-state index < -0.39 is 23.3 Å². The van der Waals surface area contributed by atoms with Crippen molar-refractivity contribution >= 4 is 11.4 Å². The highest BCUT2D eigenvalue weighted by atomic mass is 19.2. The summed E-state index contributed by atoms with van der Waals surface area (Å²) in [6.07, 6.45) is 0. The zero-order chi connectivity index (χ0) is 31.2. The van der Waals surface area contributed by atoms with E-state index in [0.717, 1.165) is 34.6 Å².